The van der Waals surface area contributed by atoms with E-state index in [4.69, 9.17) is 0 Å². The lowest BCUT2D eigenvalue weighted by atomic mass is 10.1. The molecular formula is C18H16N4O3. The number of hydrogen-bond donors (Lipinski definition) is 1. The topological polar surface area (TPSA) is 91.7 Å². The van der Waals surface area contributed by atoms with Crippen LogP contribution in [0.4, 0.5) is 10.5 Å². The molecule has 2 heterocycles. The number of carbonyl (C=O) groups excluding carboxylic acids is 3. The van der Waals surface area contributed by atoms with Crippen LogP contribution in [0.3, 0.4) is 0 Å². The van der Waals surface area contributed by atoms with E-state index in [0.29, 0.717) is 11.4 Å². The molecule has 1 atom stereocenters. The number of rotatable bonds is 4. The van der Waals surface area contributed by atoms with Gasteiger partial charge in [-0.15, -0.1) is 0 Å². The third-order valence-electron chi connectivity index (χ3n) is 3.73. The Morgan fingerprint density at radius 3 is 2.60 bits per heavy atom. The Balaban J connectivity index is 1.79. The number of aliphatic imine (C=N–C) groups is 1. The number of aromatic nitrogens is 1. The molecular weight excluding hydrogens is 320 g/mol. The maximum atomic E-state index is 12.6. The fraction of sp³-hybridized carbons (Fsp3) is 0.167. The Hall–Kier alpha value is -3.35. The number of benzene rings is 1. The molecule has 0 unspecified atom stereocenters. The minimum atomic E-state index is -1.15. The molecule has 4 amide bonds. The lowest BCUT2D eigenvalue weighted by molar-refractivity contribution is -0.131. The van der Waals surface area contributed by atoms with Crippen LogP contribution in [-0.2, 0) is 16.1 Å². The Kier molecular flexibility index (Phi) is 4.65. The molecule has 0 bridgehead atoms. The average molecular weight is 336 g/mol. The summed E-state index contributed by atoms with van der Waals surface area (Å²) in [6, 6.07) is 11.5. The van der Waals surface area contributed by atoms with Crippen LogP contribution in [0.15, 0.2) is 53.7 Å². The third kappa shape index (κ3) is 3.60. The number of amides is 4. The molecule has 0 spiro atoms. The van der Waals surface area contributed by atoms with Gasteiger partial charge < -0.3 is 0 Å². The van der Waals surface area contributed by atoms with Crippen LogP contribution in [0.2, 0.25) is 0 Å². The van der Waals surface area contributed by atoms with Gasteiger partial charge in [-0.05, 0) is 31.2 Å². The molecule has 2 aromatic rings. The van der Waals surface area contributed by atoms with Crippen molar-refractivity contribution in [2.24, 2.45) is 10.9 Å². The van der Waals surface area contributed by atoms with Crippen molar-refractivity contribution in [1.29, 1.82) is 0 Å². The number of nitrogens with one attached hydrogen (secondary N) is 1. The van der Waals surface area contributed by atoms with Crippen molar-refractivity contribution in [3.05, 3.63) is 59.9 Å². The van der Waals surface area contributed by atoms with E-state index in [1.807, 2.05) is 13.0 Å². The zero-order valence-electron chi connectivity index (χ0n) is 13.5. The molecule has 126 valence electrons. The van der Waals surface area contributed by atoms with E-state index >= 15 is 0 Å². The first kappa shape index (κ1) is 16.5. The monoisotopic (exact) mass is 336 g/mol. The molecule has 1 aliphatic heterocycles. The SMILES string of the molecule is Cc1ccc(N2C(=O)NC(=O)[C@H](C=NCc3ccccn3)C2=O)cc1. The molecule has 0 saturated carbocycles. The van der Waals surface area contributed by atoms with Crippen LogP contribution in [0.1, 0.15) is 11.3 Å². The highest BCUT2D eigenvalue weighted by molar-refractivity contribution is 6.32. The fourth-order valence-electron chi connectivity index (χ4n) is 2.40. The normalized spacial score (nSPS) is 17.9. The molecule has 3 rings (SSSR count). The van der Waals surface area contributed by atoms with Gasteiger partial charge in [-0.1, -0.05) is 23.8 Å². The zero-order chi connectivity index (χ0) is 17.8. The molecule has 0 radical (unpaired) electrons. The molecule has 7 heteroatoms. The highest BCUT2D eigenvalue weighted by Gasteiger charge is 2.40. The number of hydrogen-bond acceptors (Lipinski definition) is 5. The number of anilines is 1. The Bertz CT molecular complexity index is 831. The summed E-state index contributed by atoms with van der Waals surface area (Å²) in [5, 5.41) is 2.19. The molecule has 1 fully saturated rings. The van der Waals surface area contributed by atoms with Crippen molar-refractivity contribution in [3.8, 4) is 0 Å². The lowest BCUT2D eigenvalue weighted by Crippen LogP contribution is -2.58. The Labute approximate surface area is 144 Å². The van der Waals surface area contributed by atoms with Crippen LogP contribution in [0.5, 0.6) is 0 Å². The number of pyridine rings is 1. The average Bonchev–Trinajstić information content (AvgIpc) is 2.60. The van der Waals surface area contributed by atoms with Gasteiger partial charge in [-0.25, -0.2) is 9.69 Å². The summed E-state index contributed by atoms with van der Waals surface area (Å²) in [5.74, 6) is -2.45. The summed E-state index contributed by atoms with van der Waals surface area (Å²) in [4.78, 5) is 45.9. The number of aryl methyl sites for hydroxylation is 1. The summed E-state index contributed by atoms with van der Waals surface area (Å²) in [7, 11) is 0. The maximum absolute atomic E-state index is 12.6. The van der Waals surface area contributed by atoms with Gasteiger partial charge in [-0.2, -0.15) is 0 Å². The van der Waals surface area contributed by atoms with Crippen LogP contribution in [0.25, 0.3) is 0 Å². The van der Waals surface area contributed by atoms with Crippen LogP contribution >= 0.6 is 0 Å². The van der Waals surface area contributed by atoms with Gasteiger partial charge in [0.15, 0.2) is 5.92 Å². The molecule has 25 heavy (non-hydrogen) atoms. The van der Waals surface area contributed by atoms with E-state index in [0.717, 1.165) is 10.5 Å². The summed E-state index contributed by atoms with van der Waals surface area (Å²) < 4.78 is 0. The van der Waals surface area contributed by atoms with Crippen molar-refractivity contribution in [3.63, 3.8) is 0 Å². The fourth-order valence-corrected chi connectivity index (χ4v) is 2.40. The van der Waals surface area contributed by atoms with Crippen LogP contribution in [-0.4, -0.2) is 29.0 Å². The molecule has 1 aromatic heterocycles. The van der Waals surface area contributed by atoms with Crippen LogP contribution < -0.4 is 10.2 Å². The molecule has 1 saturated heterocycles. The first-order valence-electron chi connectivity index (χ1n) is 7.71. The summed E-state index contributed by atoms with van der Waals surface area (Å²) in [6.07, 6.45) is 2.90. The molecule has 0 aliphatic carbocycles. The van der Waals surface area contributed by atoms with Crippen molar-refractivity contribution in [2.45, 2.75) is 13.5 Å². The first-order valence-corrected chi connectivity index (χ1v) is 7.71. The van der Waals surface area contributed by atoms with E-state index < -0.39 is 23.8 Å². The van der Waals surface area contributed by atoms with Gasteiger partial charge in [0.1, 0.15) is 0 Å². The second kappa shape index (κ2) is 7.04. The predicted octanol–water partition coefficient (Wildman–Crippen LogP) is 1.86. The van der Waals surface area contributed by atoms with Crippen molar-refractivity contribution < 1.29 is 14.4 Å². The smallest absolute Gasteiger partial charge is 0.290 e. The predicted molar refractivity (Wildman–Crippen MR) is 92.1 cm³/mol. The number of carbonyl (C=O) groups is 3. The number of barbiturate groups is 1. The maximum Gasteiger partial charge on any atom is 0.335 e. The standard InChI is InChI=1S/C18H16N4O3/c1-12-5-7-14(8-6-12)22-17(24)15(16(23)21-18(22)25)11-19-10-13-4-2-3-9-20-13/h2-9,11,15H,10H2,1H3,(H,21,23,25)/t15-/m0/s1. The minimum Gasteiger partial charge on any atom is -0.290 e. The zero-order valence-corrected chi connectivity index (χ0v) is 13.5. The van der Waals surface area contributed by atoms with E-state index in [9.17, 15) is 14.4 Å². The summed E-state index contributed by atoms with van der Waals surface area (Å²) in [6.45, 7) is 2.15. The Morgan fingerprint density at radius 2 is 1.92 bits per heavy atom. The quantitative estimate of drug-likeness (QED) is 0.681. The van der Waals surface area contributed by atoms with Gasteiger partial charge in [-0.3, -0.25) is 24.9 Å². The second-order valence-corrected chi connectivity index (χ2v) is 5.59. The third-order valence-corrected chi connectivity index (χ3v) is 3.73. The van der Waals surface area contributed by atoms with E-state index in [-0.39, 0.29) is 6.54 Å². The second-order valence-electron chi connectivity index (χ2n) is 5.59. The lowest BCUT2D eigenvalue weighted by Gasteiger charge is -2.28. The first-order chi connectivity index (χ1) is 12.1. The van der Waals surface area contributed by atoms with Gasteiger partial charge >= 0.3 is 6.03 Å². The molecule has 1 aliphatic rings. The largest absolute Gasteiger partial charge is 0.335 e. The van der Waals surface area contributed by atoms with Crippen molar-refractivity contribution in [1.82, 2.24) is 10.3 Å². The molecule has 1 N–H and O–H groups in total. The minimum absolute atomic E-state index is 0.246. The van der Waals surface area contributed by atoms with E-state index in [1.165, 1.54) is 6.21 Å². The Morgan fingerprint density at radius 1 is 1.16 bits per heavy atom. The van der Waals surface area contributed by atoms with Crippen molar-refractivity contribution >= 4 is 29.7 Å². The van der Waals surface area contributed by atoms with Gasteiger partial charge in [0.2, 0.25) is 5.91 Å². The van der Waals surface area contributed by atoms with Crippen molar-refractivity contribution in [2.75, 3.05) is 4.90 Å². The molecule has 1 aromatic carbocycles. The number of nitrogens with zero attached hydrogens (tertiary/aromatic N) is 3. The number of urea groups is 1. The molecule has 7 nitrogen and oxygen atoms in total. The highest BCUT2D eigenvalue weighted by atomic mass is 16.2. The van der Waals surface area contributed by atoms with Gasteiger partial charge in [0, 0.05) is 12.4 Å². The summed E-state index contributed by atoms with van der Waals surface area (Å²) in [5.41, 5.74) is 2.12. The highest BCUT2D eigenvalue weighted by Crippen LogP contribution is 2.20. The van der Waals surface area contributed by atoms with E-state index in [2.05, 4.69) is 15.3 Å². The van der Waals surface area contributed by atoms with Crippen LogP contribution in [0, 0.1) is 12.8 Å². The number of imide groups is 2. The van der Waals surface area contributed by atoms with Gasteiger partial charge in [0.05, 0.1) is 17.9 Å². The van der Waals surface area contributed by atoms with E-state index in [1.54, 1.807) is 42.6 Å². The van der Waals surface area contributed by atoms with Gasteiger partial charge in [0.25, 0.3) is 5.91 Å². The summed E-state index contributed by atoms with van der Waals surface area (Å²) >= 11 is 0.